The molecule has 1 fully saturated rings. The molecule has 0 aromatic rings. The lowest BCUT2D eigenvalue weighted by Crippen LogP contribution is -2.50. The lowest BCUT2D eigenvalue weighted by Gasteiger charge is -2.25. The molecule has 1 rings (SSSR count). The van der Waals surface area contributed by atoms with E-state index in [9.17, 15) is 14.4 Å². The summed E-state index contributed by atoms with van der Waals surface area (Å²) in [6.45, 7) is 5.61. The van der Waals surface area contributed by atoms with Gasteiger partial charge in [-0.1, -0.05) is 0 Å². The molecule has 0 aromatic carbocycles. The lowest BCUT2D eigenvalue weighted by molar-refractivity contribution is -0.136. The SMILES string of the molecule is CC(C)(C)OC(=O)NC1CCCCN(CC(N)=O)C1=O. The van der Waals surface area contributed by atoms with Gasteiger partial charge < -0.3 is 20.7 Å². The minimum absolute atomic E-state index is 0.120. The first kappa shape index (κ1) is 16.3. The van der Waals surface area contributed by atoms with E-state index in [1.54, 1.807) is 20.8 Å². The first-order valence-corrected chi connectivity index (χ1v) is 6.75. The standard InChI is InChI=1S/C13H23N3O4/c1-13(2,3)20-12(19)15-9-6-4-5-7-16(11(9)18)8-10(14)17/h9H,4-8H2,1-3H3,(H2,14,17)(H,15,19). The van der Waals surface area contributed by atoms with Crippen molar-refractivity contribution in [2.45, 2.75) is 51.7 Å². The third kappa shape index (κ3) is 5.46. The van der Waals surface area contributed by atoms with Crippen LogP contribution in [0.2, 0.25) is 0 Å². The monoisotopic (exact) mass is 285 g/mol. The van der Waals surface area contributed by atoms with E-state index in [0.29, 0.717) is 13.0 Å². The molecule has 0 bridgehead atoms. The highest BCUT2D eigenvalue weighted by atomic mass is 16.6. The fourth-order valence-electron chi connectivity index (χ4n) is 2.03. The number of alkyl carbamates (subject to hydrolysis) is 1. The molecular formula is C13H23N3O4. The molecular weight excluding hydrogens is 262 g/mol. The average Bonchev–Trinajstić information content (AvgIpc) is 2.41. The predicted octanol–water partition coefficient (Wildman–Crippen LogP) is 0.378. The molecule has 0 radical (unpaired) electrons. The molecule has 1 unspecified atom stereocenters. The van der Waals surface area contributed by atoms with Crippen molar-refractivity contribution < 1.29 is 19.1 Å². The zero-order valence-corrected chi connectivity index (χ0v) is 12.3. The number of likely N-dealkylation sites (tertiary alicyclic amines) is 1. The smallest absolute Gasteiger partial charge is 0.408 e. The second-order valence-electron chi connectivity index (χ2n) is 5.92. The third-order valence-corrected chi connectivity index (χ3v) is 2.82. The van der Waals surface area contributed by atoms with E-state index < -0.39 is 23.6 Å². The van der Waals surface area contributed by atoms with E-state index in [-0.39, 0.29) is 12.5 Å². The van der Waals surface area contributed by atoms with Crippen molar-refractivity contribution in [2.24, 2.45) is 5.73 Å². The van der Waals surface area contributed by atoms with E-state index in [4.69, 9.17) is 10.5 Å². The van der Waals surface area contributed by atoms with Crippen LogP contribution in [0.3, 0.4) is 0 Å². The van der Waals surface area contributed by atoms with Crippen LogP contribution in [0.15, 0.2) is 0 Å². The van der Waals surface area contributed by atoms with Crippen LogP contribution in [-0.4, -0.2) is 47.5 Å². The molecule has 1 saturated heterocycles. The van der Waals surface area contributed by atoms with Gasteiger partial charge in [0, 0.05) is 6.54 Å². The van der Waals surface area contributed by atoms with Crippen molar-refractivity contribution in [2.75, 3.05) is 13.1 Å². The maximum absolute atomic E-state index is 12.2. The molecule has 114 valence electrons. The molecule has 1 heterocycles. The summed E-state index contributed by atoms with van der Waals surface area (Å²) in [6, 6.07) is -0.660. The molecule has 7 heteroatoms. The summed E-state index contributed by atoms with van der Waals surface area (Å²) in [6.07, 6.45) is 1.48. The van der Waals surface area contributed by atoms with Gasteiger partial charge in [0.05, 0.1) is 6.54 Å². The molecule has 0 aromatic heterocycles. The van der Waals surface area contributed by atoms with Crippen LogP contribution in [0, 0.1) is 0 Å². The van der Waals surface area contributed by atoms with Gasteiger partial charge in [0.25, 0.3) is 0 Å². The molecule has 3 amide bonds. The third-order valence-electron chi connectivity index (χ3n) is 2.82. The van der Waals surface area contributed by atoms with Gasteiger partial charge in [-0.2, -0.15) is 0 Å². The quantitative estimate of drug-likeness (QED) is 0.782. The lowest BCUT2D eigenvalue weighted by atomic mass is 10.1. The van der Waals surface area contributed by atoms with Crippen LogP contribution in [-0.2, 0) is 14.3 Å². The highest BCUT2D eigenvalue weighted by Gasteiger charge is 2.30. The summed E-state index contributed by atoms with van der Waals surface area (Å²) in [5, 5.41) is 2.56. The number of rotatable bonds is 3. The number of hydrogen-bond acceptors (Lipinski definition) is 4. The van der Waals surface area contributed by atoms with Crippen molar-refractivity contribution in [1.82, 2.24) is 10.2 Å². The Morgan fingerprint density at radius 3 is 2.60 bits per heavy atom. The summed E-state index contributed by atoms with van der Waals surface area (Å²) < 4.78 is 5.13. The Bertz CT molecular complexity index is 390. The number of hydrogen-bond donors (Lipinski definition) is 2. The predicted molar refractivity (Wildman–Crippen MR) is 72.8 cm³/mol. The molecule has 0 saturated carbocycles. The fraction of sp³-hybridized carbons (Fsp3) is 0.769. The topological polar surface area (TPSA) is 102 Å². The zero-order chi connectivity index (χ0) is 15.3. The van der Waals surface area contributed by atoms with Crippen molar-refractivity contribution in [3.05, 3.63) is 0 Å². The molecule has 0 aliphatic carbocycles. The van der Waals surface area contributed by atoms with E-state index >= 15 is 0 Å². The number of amides is 3. The maximum Gasteiger partial charge on any atom is 0.408 e. The Balaban J connectivity index is 2.65. The summed E-state index contributed by atoms with van der Waals surface area (Å²) in [5.41, 5.74) is 4.50. The van der Waals surface area contributed by atoms with Crippen LogP contribution < -0.4 is 11.1 Å². The number of carbonyl (C=O) groups is 3. The molecule has 7 nitrogen and oxygen atoms in total. The van der Waals surface area contributed by atoms with Crippen molar-refractivity contribution >= 4 is 17.9 Å². The molecule has 1 atom stereocenters. The largest absolute Gasteiger partial charge is 0.444 e. The Morgan fingerprint density at radius 1 is 1.40 bits per heavy atom. The van der Waals surface area contributed by atoms with Gasteiger partial charge >= 0.3 is 6.09 Å². The van der Waals surface area contributed by atoms with E-state index in [2.05, 4.69) is 5.32 Å². The van der Waals surface area contributed by atoms with Gasteiger partial charge in [0.2, 0.25) is 11.8 Å². The van der Waals surface area contributed by atoms with Gasteiger partial charge in [0.15, 0.2) is 0 Å². The van der Waals surface area contributed by atoms with Crippen molar-refractivity contribution in [1.29, 1.82) is 0 Å². The maximum atomic E-state index is 12.2. The van der Waals surface area contributed by atoms with Crippen molar-refractivity contribution in [3.8, 4) is 0 Å². The number of ether oxygens (including phenoxy) is 1. The normalized spacial score (nSPS) is 20.2. The first-order valence-electron chi connectivity index (χ1n) is 6.75. The molecule has 1 aliphatic heterocycles. The minimum atomic E-state index is -0.660. The van der Waals surface area contributed by atoms with Gasteiger partial charge in [-0.3, -0.25) is 9.59 Å². The van der Waals surface area contributed by atoms with Crippen molar-refractivity contribution in [3.63, 3.8) is 0 Å². The Morgan fingerprint density at radius 2 is 2.05 bits per heavy atom. The number of nitrogens with one attached hydrogen (secondary N) is 1. The van der Waals surface area contributed by atoms with Gasteiger partial charge in [0.1, 0.15) is 11.6 Å². The molecule has 3 N–H and O–H groups in total. The van der Waals surface area contributed by atoms with E-state index in [1.165, 1.54) is 4.90 Å². The summed E-state index contributed by atoms with van der Waals surface area (Å²) in [7, 11) is 0. The van der Waals surface area contributed by atoms with Gasteiger partial charge in [-0.15, -0.1) is 0 Å². The summed E-state index contributed by atoms with van der Waals surface area (Å²) >= 11 is 0. The second-order valence-corrected chi connectivity index (χ2v) is 5.92. The van der Waals surface area contributed by atoms with Crippen LogP contribution >= 0.6 is 0 Å². The Hall–Kier alpha value is -1.79. The second kappa shape index (κ2) is 6.58. The molecule has 20 heavy (non-hydrogen) atoms. The van der Waals surface area contributed by atoms with Crippen LogP contribution in [0.1, 0.15) is 40.0 Å². The first-order chi connectivity index (χ1) is 9.19. The van der Waals surface area contributed by atoms with Crippen LogP contribution in [0.25, 0.3) is 0 Å². The average molecular weight is 285 g/mol. The number of nitrogens with two attached hydrogens (primary N) is 1. The van der Waals surface area contributed by atoms with E-state index in [0.717, 1.165) is 12.8 Å². The summed E-state index contributed by atoms with van der Waals surface area (Å²) in [4.78, 5) is 36.3. The summed E-state index contributed by atoms with van der Waals surface area (Å²) in [5.74, 6) is -0.844. The highest BCUT2D eigenvalue weighted by Crippen LogP contribution is 2.13. The van der Waals surface area contributed by atoms with Crippen LogP contribution in [0.4, 0.5) is 4.79 Å². The van der Waals surface area contributed by atoms with E-state index in [1.807, 2.05) is 0 Å². The number of nitrogens with zero attached hydrogens (tertiary/aromatic N) is 1. The fourth-order valence-corrected chi connectivity index (χ4v) is 2.03. The Labute approximate surface area is 118 Å². The molecule has 1 aliphatic rings. The zero-order valence-electron chi connectivity index (χ0n) is 12.3. The highest BCUT2D eigenvalue weighted by molar-refractivity contribution is 5.89. The minimum Gasteiger partial charge on any atom is -0.444 e. The van der Waals surface area contributed by atoms with Gasteiger partial charge in [-0.05, 0) is 40.0 Å². The molecule has 0 spiro atoms. The number of carbonyl (C=O) groups excluding carboxylic acids is 3. The van der Waals surface area contributed by atoms with Gasteiger partial charge in [-0.25, -0.2) is 4.79 Å². The Kier molecular flexibility index (Phi) is 5.35. The number of primary amides is 1. The van der Waals surface area contributed by atoms with Crippen LogP contribution in [0.5, 0.6) is 0 Å².